The monoisotopic (exact) mass is 401 g/mol. The number of aliphatic hydroxyl groups excluding tert-OH is 2. The normalized spacial score (nSPS) is 33.5. The van der Waals surface area contributed by atoms with Crippen molar-refractivity contribution >= 4 is 39.1 Å². The van der Waals surface area contributed by atoms with Gasteiger partial charge in [-0.25, -0.2) is 0 Å². The van der Waals surface area contributed by atoms with Gasteiger partial charge in [0.2, 0.25) is 0 Å². The Balaban J connectivity index is 1.89. The number of aliphatic imine (C=N–C) groups is 1. The molecular formula is C18H16BrN3O3. The number of aromatic hydroxyl groups is 1. The Morgan fingerprint density at radius 3 is 3.00 bits per heavy atom. The number of aliphatic hydroxyl groups is 2. The molecule has 7 heteroatoms. The molecule has 0 aromatic heterocycles. The summed E-state index contributed by atoms with van der Waals surface area (Å²) in [7, 11) is 0. The SMILES string of the molecule is OC1=C(Br)C23CCN=c4c(O)c5c6c(c42)N(CCC=6C=N5)C(C1)C3O. The van der Waals surface area contributed by atoms with Crippen molar-refractivity contribution in [3.8, 4) is 5.75 Å². The van der Waals surface area contributed by atoms with Crippen molar-refractivity contribution < 1.29 is 15.3 Å². The van der Waals surface area contributed by atoms with Gasteiger partial charge in [-0.15, -0.1) is 0 Å². The molecule has 5 aliphatic rings. The number of phenols is 1. The van der Waals surface area contributed by atoms with Gasteiger partial charge in [0.1, 0.15) is 16.8 Å². The number of anilines is 1. The van der Waals surface area contributed by atoms with Crippen LogP contribution in [0.15, 0.2) is 20.2 Å². The number of nitrogens with zero attached hydrogens (tertiary/aromatic N) is 3. The third kappa shape index (κ3) is 1.36. The van der Waals surface area contributed by atoms with Crippen LogP contribution in [0.5, 0.6) is 5.75 Å². The Hall–Kier alpha value is -1.86. The smallest absolute Gasteiger partial charge is 0.167 e. The molecule has 4 heterocycles. The average Bonchev–Trinajstić information content (AvgIpc) is 3.05. The van der Waals surface area contributed by atoms with Crippen LogP contribution in [-0.4, -0.2) is 46.8 Å². The van der Waals surface area contributed by atoms with Crippen LogP contribution in [-0.2, 0) is 5.41 Å². The predicted molar refractivity (Wildman–Crippen MR) is 96.6 cm³/mol. The topological polar surface area (TPSA) is 88.7 Å². The van der Waals surface area contributed by atoms with Gasteiger partial charge in [-0.2, -0.15) is 0 Å². The Kier molecular flexibility index (Phi) is 2.45. The van der Waals surface area contributed by atoms with Crippen molar-refractivity contribution in [3.63, 3.8) is 0 Å². The van der Waals surface area contributed by atoms with E-state index in [1.54, 1.807) is 0 Å². The number of halogens is 1. The van der Waals surface area contributed by atoms with Crippen LogP contribution in [0.1, 0.15) is 24.8 Å². The maximum Gasteiger partial charge on any atom is 0.167 e. The summed E-state index contributed by atoms with van der Waals surface area (Å²) in [6, 6.07) is -0.171. The van der Waals surface area contributed by atoms with Gasteiger partial charge in [-0.3, -0.25) is 9.98 Å². The Morgan fingerprint density at radius 1 is 1.32 bits per heavy atom. The van der Waals surface area contributed by atoms with Crippen molar-refractivity contribution in [1.29, 1.82) is 0 Å². The maximum absolute atomic E-state index is 11.3. The summed E-state index contributed by atoms with van der Waals surface area (Å²) >= 11 is 3.59. The van der Waals surface area contributed by atoms with Crippen molar-refractivity contribution in [1.82, 2.24) is 0 Å². The second kappa shape index (κ2) is 4.27. The first kappa shape index (κ1) is 14.3. The fourth-order valence-electron chi connectivity index (χ4n) is 5.45. The lowest BCUT2D eigenvalue weighted by molar-refractivity contribution is 0.0445. The van der Waals surface area contributed by atoms with E-state index in [9.17, 15) is 15.3 Å². The molecular weight excluding hydrogens is 386 g/mol. The molecule has 6 rings (SSSR count). The van der Waals surface area contributed by atoms with Gasteiger partial charge >= 0.3 is 0 Å². The van der Waals surface area contributed by atoms with E-state index in [2.05, 4.69) is 30.8 Å². The summed E-state index contributed by atoms with van der Waals surface area (Å²) in [5, 5.41) is 34.3. The van der Waals surface area contributed by atoms with E-state index < -0.39 is 11.5 Å². The molecule has 1 aliphatic carbocycles. The van der Waals surface area contributed by atoms with Gasteiger partial charge in [-0.05, 0) is 18.4 Å². The molecule has 6 nitrogen and oxygen atoms in total. The Bertz CT molecular complexity index is 1060. The highest BCUT2D eigenvalue weighted by Gasteiger charge is 2.59. The van der Waals surface area contributed by atoms with Crippen molar-refractivity contribution in [2.24, 2.45) is 9.98 Å². The molecule has 25 heavy (non-hydrogen) atoms. The molecule has 3 N–H and O–H groups in total. The summed E-state index contributed by atoms with van der Waals surface area (Å²) < 4.78 is 0.640. The van der Waals surface area contributed by atoms with Gasteiger partial charge in [0.05, 0.1) is 23.2 Å². The molecule has 0 radical (unpaired) electrons. The molecule has 3 unspecified atom stereocenters. The van der Waals surface area contributed by atoms with Crippen LogP contribution < -0.4 is 15.5 Å². The van der Waals surface area contributed by atoms with E-state index >= 15 is 0 Å². The second-order valence-corrected chi connectivity index (χ2v) is 8.24. The van der Waals surface area contributed by atoms with Crippen LogP contribution in [0.3, 0.4) is 0 Å². The van der Waals surface area contributed by atoms with Crippen LogP contribution in [0, 0.1) is 0 Å². The van der Waals surface area contributed by atoms with Crippen LogP contribution in [0.25, 0.3) is 5.57 Å². The predicted octanol–water partition coefficient (Wildman–Crippen LogP) is 1.04. The lowest BCUT2D eigenvalue weighted by Crippen LogP contribution is -2.65. The second-order valence-electron chi connectivity index (χ2n) is 7.45. The number of rotatable bonds is 0. The molecule has 0 amide bonds. The third-order valence-corrected chi connectivity index (χ3v) is 7.68. The number of hydrogen-bond acceptors (Lipinski definition) is 6. The molecule has 128 valence electrons. The van der Waals surface area contributed by atoms with E-state index in [4.69, 9.17) is 0 Å². The van der Waals surface area contributed by atoms with Gasteiger partial charge < -0.3 is 20.2 Å². The molecule has 0 saturated heterocycles. The minimum atomic E-state index is -0.743. The first-order valence-corrected chi connectivity index (χ1v) is 9.39. The molecule has 3 atom stereocenters. The highest BCUT2D eigenvalue weighted by molar-refractivity contribution is 9.11. The van der Waals surface area contributed by atoms with Crippen LogP contribution >= 0.6 is 15.9 Å². The van der Waals surface area contributed by atoms with E-state index in [1.807, 2.05) is 6.21 Å². The van der Waals surface area contributed by atoms with Gasteiger partial charge in [0.15, 0.2) is 5.75 Å². The zero-order valence-electron chi connectivity index (χ0n) is 13.3. The molecule has 1 aromatic rings. The lowest BCUT2D eigenvalue weighted by atomic mass is 9.61. The van der Waals surface area contributed by atoms with Crippen molar-refractivity contribution in [2.75, 3.05) is 18.0 Å². The first-order valence-electron chi connectivity index (χ1n) is 8.59. The van der Waals surface area contributed by atoms with Crippen molar-refractivity contribution in [2.45, 2.75) is 36.8 Å². The summed E-state index contributed by atoms with van der Waals surface area (Å²) in [4.78, 5) is 11.2. The number of phenolic OH excluding ortho intramolecular Hbond substituents is 1. The highest BCUT2D eigenvalue weighted by Crippen LogP contribution is 2.56. The summed E-state index contributed by atoms with van der Waals surface area (Å²) in [5.41, 5.74) is 2.89. The van der Waals surface area contributed by atoms with Gasteiger partial charge in [0.25, 0.3) is 0 Å². The molecule has 0 saturated carbocycles. The van der Waals surface area contributed by atoms with E-state index in [0.717, 1.165) is 35.0 Å². The van der Waals surface area contributed by atoms with E-state index in [1.165, 1.54) is 0 Å². The molecule has 0 fully saturated rings. The standard InChI is InChI=1S/C18H16BrN3O3/c19-16-9(23)5-8-17(25)18(16)2-3-20-13-11(18)14-10-7(1-4-22(8)14)6-21-12(10)15(13)24/h6,8,17,23-25H,1-5H2. The van der Waals surface area contributed by atoms with Gasteiger partial charge in [-0.1, -0.05) is 15.9 Å². The summed E-state index contributed by atoms with van der Waals surface area (Å²) in [5.74, 6) is 0.386. The molecule has 1 aromatic carbocycles. The molecule has 4 aliphatic heterocycles. The zero-order valence-corrected chi connectivity index (χ0v) is 14.9. The van der Waals surface area contributed by atoms with Crippen LogP contribution in [0.4, 0.5) is 11.4 Å². The minimum absolute atomic E-state index is 0.0944. The quantitative estimate of drug-likeness (QED) is 0.605. The fraction of sp³-hybridized carbons (Fsp3) is 0.444. The van der Waals surface area contributed by atoms with E-state index in [0.29, 0.717) is 40.7 Å². The first-order chi connectivity index (χ1) is 12.1. The third-order valence-electron chi connectivity index (χ3n) is 6.52. The maximum atomic E-state index is 11.3. The Labute approximate surface area is 151 Å². The fourth-order valence-corrected chi connectivity index (χ4v) is 6.25. The number of fused-ring (bicyclic) bond motifs is 2. The van der Waals surface area contributed by atoms with Gasteiger partial charge in [0, 0.05) is 41.0 Å². The van der Waals surface area contributed by atoms with E-state index in [-0.39, 0.29) is 11.8 Å². The molecule has 1 spiro atoms. The number of benzene rings is 1. The zero-order chi connectivity index (χ0) is 17.1. The summed E-state index contributed by atoms with van der Waals surface area (Å²) in [6.45, 7) is 1.26. The summed E-state index contributed by atoms with van der Waals surface area (Å²) in [6.07, 6.45) is 3.04. The molecule has 2 bridgehead atoms. The minimum Gasteiger partial charge on any atom is -0.511 e. The van der Waals surface area contributed by atoms with Crippen molar-refractivity contribution in [3.05, 3.63) is 26.4 Å². The lowest BCUT2D eigenvalue weighted by Gasteiger charge is -2.56. The average molecular weight is 402 g/mol. The largest absolute Gasteiger partial charge is 0.511 e. The Morgan fingerprint density at radius 2 is 2.16 bits per heavy atom. The number of hydrogen-bond donors (Lipinski definition) is 3. The van der Waals surface area contributed by atoms with Crippen LogP contribution in [0.2, 0.25) is 0 Å². The highest BCUT2D eigenvalue weighted by atomic mass is 79.9.